The molecule has 188 valence electrons. The average Bonchev–Trinajstić information content (AvgIpc) is 3.34. The minimum atomic E-state index is -0.851. The van der Waals surface area contributed by atoms with Gasteiger partial charge >= 0.3 is 0 Å². The summed E-state index contributed by atoms with van der Waals surface area (Å²) in [5.41, 5.74) is 11.2. The first-order chi connectivity index (χ1) is 17.9. The van der Waals surface area contributed by atoms with Gasteiger partial charge < -0.3 is 10.8 Å². The third-order valence-corrected chi connectivity index (χ3v) is 8.04. The molecule has 37 heavy (non-hydrogen) atoms. The van der Waals surface area contributed by atoms with Gasteiger partial charge in [-0.15, -0.1) is 0 Å². The first-order valence-corrected chi connectivity index (χ1v) is 12.9. The lowest BCUT2D eigenvalue weighted by Gasteiger charge is -2.37. The molecule has 6 rings (SSSR count). The van der Waals surface area contributed by atoms with Crippen molar-refractivity contribution in [3.63, 3.8) is 0 Å². The summed E-state index contributed by atoms with van der Waals surface area (Å²) in [6.07, 6.45) is 7.49. The number of anilines is 1. The van der Waals surface area contributed by atoms with E-state index >= 15 is 0 Å². The first kappa shape index (κ1) is 23.6. The fourth-order valence-electron chi connectivity index (χ4n) is 5.73. The Morgan fingerprint density at radius 3 is 2.49 bits per heavy atom. The summed E-state index contributed by atoms with van der Waals surface area (Å²) in [7, 11) is 1.82. The van der Waals surface area contributed by atoms with Gasteiger partial charge in [-0.1, -0.05) is 48.5 Å². The van der Waals surface area contributed by atoms with Crippen molar-refractivity contribution in [2.24, 2.45) is 5.92 Å². The number of fused-ring (bicyclic) bond motifs is 2. The summed E-state index contributed by atoms with van der Waals surface area (Å²) >= 11 is 0. The number of rotatable bonds is 5. The molecular weight excluding hydrogens is 460 g/mol. The van der Waals surface area contributed by atoms with E-state index in [-0.39, 0.29) is 11.8 Å². The Morgan fingerprint density at radius 1 is 0.973 bits per heavy atom. The molecule has 0 saturated heterocycles. The molecule has 0 bridgehead atoms. The van der Waals surface area contributed by atoms with E-state index in [1.165, 1.54) is 0 Å². The van der Waals surface area contributed by atoms with E-state index in [1.54, 1.807) is 6.20 Å². The third-order valence-electron chi connectivity index (χ3n) is 8.04. The van der Waals surface area contributed by atoms with E-state index in [2.05, 4.69) is 57.2 Å². The summed E-state index contributed by atoms with van der Waals surface area (Å²) in [4.78, 5) is 14.5. The maximum atomic E-state index is 10.7. The van der Waals surface area contributed by atoms with Crippen LogP contribution in [0.25, 0.3) is 38.9 Å². The molecule has 0 amide bonds. The number of imidazole rings is 1. The SMILES string of the molecule is CN[C@](C)(O)C1CCC(c2nc(-c3ccc4ccc(-c5ccccc5)nc4c3)c3c(N)nccn23)CC1. The molecular formula is C30H32N6O. The zero-order valence-corrected chi connectivity index (χ0v) is 21.2. The molecule has 1 saturated carbocycles. The fourth-order valence-corrected chi connectivity index (χ4v) is 5.73. The standard InChI is InChI=1S/C30H32N6O/c1-30(37,32-2)23-13-10-21(11-14-23)29-35-26(27-28(31)33-16-17-36(27)29)22-9-8-20-12-15-24(34-25(20)18-22)19-6-4-3-5-7-19/h3-9,12,15-18,21,23,32,37H,10-11,13-14H2,1-2H3,(H2,31,33)/t21?,23?,30-/m1/s1. The van der Waals surface area contributed by atoms with Crippen LogP contribution in [0.1, 0.15) is 44.3 Å². The molecule has 5 aromatic rings. The van der Waals surface area contributed by atoms with Crippen molar-refractivity contribution in [2.75, 3.05) is 12.8 Å². The van der Waals surface area contributed by atoms with Crippen molar-refractivity contribution in [3.05, 3.63) is 78.9 Å². The molecule has 4 N–H and O–H groups in total. The Kier molecular flexibility index (Phi) is 5.89. The summed E-state index contributed by atoms with van der Waals surface area (Å²) in [6.45, 7) is 1.87. The first-order valence-electron chi connectivity index (χ1n) is 12.9. The number of aromatic nitrogens is 4. The van der Waals surface area contributed by atoms with Crippen LogP contribution in [0.4, 0.5) is 5.82 Å². The van der Waals surface area contributed by atoms with E-state index in [1.807, 2.05) is 38.4 Å². The van der Waals surface area contributed by atoms with Crippen LogP contribution in [0.3, 0.4) is 0 Å². The maximum absolute atomic E-state index is 10.7. The van der Waals surface area contributed by atoms with Crippen LogP contribution in [0, 0.1) is 5.92 Å². The number of nitrogens with one attached hydrogen (secondary N) is 1. The molecule has 1 aliphatic carbocycles. The van der Waals surface area contributed by atoms with Crippen molar-refractivity contribution in [1.82, 2.24) is 24.7 Å². The smallest absolute Gasteiger partial charge is 0.150 e. The second-order valence-corrected chi connectivity index (χ2v) is 10.3. The van der Waals surface area contributed by atoms with Gasteiger partial charge in [0.15, 0.2) is 0 Å². The minimum Gasteiger partial charge on any atom is -0.382 e. The Morgan fingerprint density at radius 2 is 1.73 bits per heavy atom. The van der Waals surface area contributed by atoms with Gasteiger partial charge in [-0.05, 0) is 51.8 Å². The number of nitrogens with two attached hydrogens (primary N) is 1. The molecule has 3 heterocycles. The van der Waals surface area contributed by atoms with Gasteiger partial charge in [0.05, 0.1) is 11.2 Å². The molecule has 0 unspecified atom stereocenters. The summed E-state index contributed by atoms with van der Waals surface area (Å²) in [6, 6.07) is 20.7. The molecule has 7 nitrogen and oxygen atoms in total. The van der Waals surface area contributed by atoms with Crippen molar-refractivity contribution in [3.8, 4) is 22.5 Å². The summed E-state index contributed by atoms with van der Waals surface area (Å²) in [5, 5.41) is 14.8. The molecule has 0 radical (unpaired) electrons. The van der Waals surface area contributed by atoms with Gasteiger partial charge in [0.1, 0.15) is 28.6 Å². The van der Waals surface area contributed by atoms with Gasteiger partial charge in [0, 0.05) is 40.7 Å². The Bertz CT molecular complexity index is 1570. The molecule has 1 aliphatic rings. The highest BCUT2D eigenvalue weighted by molar-refractivity contribution is 5.91. The molecule has 1 fully saturated rings. The van der Waals surface area contributed by atoms with Crippen LogP contribution in [0.2, 0.25) is 0 Å². The number of nitrogens with zero attached hydrogens (tertiary/aromatic N) is 4. The normalized spacial score (nSPS) is 19.8. The molecule has 3 aromatic heterocycles. The minimum absolute atomic E-state index is 0.219. The zero-order valence-electron chi connectivity index (χ0n) is 21.2. The van der Waals surface area contributed by atoms with Gasteiger partial charge in [-0.2, -0.15) is 0 Å². The number of benzene rings is 2. The number of nitrogen functional groups attached to an aromatic ring is 1. The highest BCUT2D eigenvalue weighted by atomic mass is 16.3. The quantitative estimate of drug-likeness (QED) is 0.284. The van der Waals surface area contributed by atoms with Gasteiger partial charge in [0.25, 0.3) is 0 Å². The van der Waals surface area contributed by atoms with Gasteiger partial charge in [0.2, 0.25) is 0 Å². The van der Waals surface area contributed by atoms with Gasteiger partial charge in [-0.3, -0.25) is 9.72 Å². The molecule has 7 heteroatoms. The van der Waals surface area contributed by atoms with Crippen LogP contribution >= 0.6 is 0 Å². The molecule has 0 spiro atoms. The lowest BCUT2D eigenvalue weighted by molar-refractivity contribution is -0.0419. The lowest BCUT2D eigenvalue weighted by atomic mass is 9.77. The highest BCUT2D eigenvalue weighted by Crippen LogP contribution is 2.41. The fraction of sp³-hybridized carbons (Fsp3) is 0.300. The zero-order chi connectivity index (χ0) is 25.6. The second kappa shape index (κ2) is 9.25. The van der Waals surface area contributed by atoms with Crippen molar-refractivity contribution in [2.45, 2.75) is 44.2 Å². The molecule has 0 aliphatic heterocycles. The number of pyridine rings is 1. The van der Waals surface area contributed by atoms with Crippen molar-refractivity contribution < 1.29 is 5.11 Å². The summed E-state index contributed by atoms with van der Waals surface area (Å²) in [5.74, 6) is 1.98. The van der Waals surface area contributed by atoms with Crippen molar-refractivity contribution >= 4 is 22.2 Å². The predicted octanol–water partition coefficient (Wildman–Crippen LogP) is 5.40. The molecule has 2 aromatic carbocycles. The van der Waals surface area contributed by atoms with Gasteiger partial charge in [-0.25, -0.2) is 15.0 Å². The third kappa shape index (κ3) is 4.24. The Labute approximate surface area is 216 Å². The van der Waals surface area contributed by atoms with Crippen LogP contribution < -0.4 is 11.1 Å². The van der Waals surface area contributed by atoms with Crippen LogP contribution in [0.15, 0.2) is 73.1 Å². The number of hydrogen-bond acceptors (Lipinski definition) is 6. The Hall–Kier alpha value is -3.81. The van der Waals surface area contributed by atoms with Crippen LogP contribution in [0.5, 0.6) is 0 Å². The van der Waals surface area contributed by atoms with Crippen LogP contribution in [-0.2, 0) is 0 Å². The lowest BCUT2D eigenvalue weighted by Crippen LogP contribution is -2.47. The van der Waals surface area contributed by atoms with E-state index in [0.717, 1.165) is 70.4 Å². The Balaban J connectivity index is 1.40. The topological polar surface area (TPSA) is 101 Å². The average molecular weight is 493 g/mol. The molecule has 1 atom stereocenters. The van der Waals surface area contributed by atoms with Crippen LogP contribution in [-0.4, -0.2) is 37.2 Å². The predicted molar refractivity (Wildman–Crippen MR) is 148 cm³/mol. The van der Waals surface area contributed by atoms with E-state index in [0.29, 0.717) is 5.82 Å². The van der Waals surface area contributed by atoms with E-state index in [9.17, 15) is 5.11 Å². The monoisotopic (exact) mass is 492 g/mol. The largest absolute Gasteiger partial charge is 0.382 e. The van der Waals surface area contributed by atoms with Crippen molar-refractivity contribution in [1.29, 1.82) is 0 Å². The van der Waals surface area contributed by atoms with E-state index < -0.39 is 5.72 Å². The number of aliphatic hydroxyl groups is 1. The second-order valence-electron chi connectivity index (χ2n) is 10.3. The highest BCUT2D eigenvalue weighted by Gasteiger charge is 2.35. The summed E-state index contributed by atoms with van der Waals surface area (Å²) < 4.78 is 2.11. The number of hydrogen-bond donors (Lipinski definition) is 3. The maximum Gasteiger partial charge on any atom is 0.150 e. The van der Waals surface area contributed by atoms with E-state index in [4.69, 9.17) is 15.7 Å².